The molecule has 0 radical (unpaired) electrons. The first-order valence-corrected chi connectivity index (χ1v) is 9.22. The third kappa shape index (κ3) is 4.03. The quantitative estimate of drug-likeness (QED) is 0.845. The molecule has 1 fully saturated rings. The van der Waals surface area contributed by atoms with Crippen LogP contribution in [0, 0.1) is 5.92 Å². The summed E-state index contributed by atoms with van der Waals surface area (Å²) in [6, 6.07) is 7.73. The van der Waals surface area contributed by atoms with Crippen molar-refractivity contribution in [2.24, 2.45) is 5.92 Å². The van der Waals surface area contributed by atoms with Crippen LogP contribution in [0.5, 0.6) is 0 Å². The fraction of sp³-hybridized carbons (Fsp3) is 0.600. The van der Waals surface area contributed by atoms with Crippen LogP contribution in [0.25, 0.3) is 0 Å². The Bertz CT molecular complexity index is 644. The summed E-state index contributed by atoms with van der Waals surface area (Å²) in [6.07, 6.45) is 1.13. The number of morpholine rings is 1. The van der Waals surface area contributed by atoms with Crippen molar-refractivity contribution >= 4 is 11.8 Å². The number of carbonyl (C=O) groups is 2. The summed E-state index contributed by atoms with van der Waals surface area (Å²) >= 11 is 0. The number of amides is 2. The molecule has 5 nitrogen and oxygen atoms in total. The minimum Gasteiger partial charge on any atom is -0.375 e. The van der Waals surface area contributed by atoms with E-state index in [1.54, 1.807) is 4.90 Å². The second-order valence-electron chi connectivity index (χ2n) is 7.57. The first kappa shape index (κ1) is 17.9. The molecule has 2 atom stereocenters. The lowest BCUT2D eigenvalue weighted by molar-refractivity contribution is -0.151. The van der Waals surface area contributed by atoms with Crippen LogP contribution in [0.4, 0.5) is 0 Å². The number of hydrogen-bond acceptors (Lipinski definition) is 3. The van der Waals surface area contributed by atoms with Crippen LogP contribution in [-0.4, -0.2) is 53.5 Å². The molecule has 0 bridgehead atoms. The van der Waals surface area contributed by atoms with Gasteiger partial charge in [-0.3, -0.25) is 9.59 Å². The van der Waals surface area contributed by atoms with Gasteiger partial charge in [-0.2, -0.15) is 0 Å². The van der Waals surface area contributed by atoms with Gasteiger partial charge in [0.2, 0.25) is 11.8 Å². The van der Waals surface area contributed by atoms with Gasteiger partial charge < -0.3 is 14.5 Å². The molecule has 0 spiro atoms. The Morgan fingerprint density at radius 1 is 1.24 bits per heavy atom. The highest BCUT2D eigenvalue weighted by Crippen LogP contribution is 2.26. The summed E-state index contributed by atoms with van der Waals surface area (Å²) in [5.41, 5.74) is 2.33. The van der Waals surface area contributed by atoms with Crippen molar-refractivity contribution in [1.82, 2.24) is 9.80 Å². The van der Waals surface area contributed by atoms with E-state index in [-0.39, 0.29) is 23.8 Å². The summed E-state index contributed by atoms with van der Waals surface area (Å²) < 4.78 is 5.55. The van der Waals surface area contributed by atoms with E-state index in [2.05, 4.69) is 12.1 Å². The number of hydrogen-bond donors (Lipinski definition) is 0. The Hall–Kier alpha value is -1.88. The van der Waals surface area contributed by atoms with Gasteiger partial charge in [0, 0.05) is 32.5 Å². The van der Waals surface area contributed by atoms with Gasteiger partial charge in [-0.1, -0.05) is 38.1 Å². The van der Waals surface area contributed by atoms with Crippen molar-refractivity contribution in [2.75, 3.05) is 19.7 Å². The molecular weight excluding hydrogens is 316 g/mol. The van der Waals surface area contributed by atoms with Gasteiger partial charge in [0.1, 0.15) is 6.04 Å². The summed E-state index contributed by atoms with van der Waals surface area (Å²) in [7, 11) is 0. The number of rotatable bonds is 3. The molecule has 2 heterocycles. The molecule has 2 unspecified atom stereocenters. The Morgan fingerprint density at radius 2 is 1.96 bits per heavy atom. The fourth-order valence-electron chi connectivity index (χ4n) is 3.70. The second-order valence-corrected chi connectivity index (χ2v) is 7.57. The Labute approximate surface area is 149 Å². The highest BCUT2D eigenvalue weighted by molar-refractivity contribution is 5.88. The zero-order chi connectivity index (χ0) is 18.0. The molecule has 136 valence electrons. The predicted octanol–water partition coefficient (Wildman–Crippen LogP) is 2.23. The first-order chi connectivity index (χ1) is 12.0. The van der Waals surface area contributed by atoms with Gasteiger partial charge in [0.05, 0.1) is 12.7 Å². The molecule has 1 aromatic carbocycles. The van der Waals surface area contributed by atoms with Crippen LogP contribution in [0.1, 0.15) is 38.3 Å². The Morgan fingerprint density at radius 3 is 2.64 bits per heavy atom. The molecule has 0 N–H and O–H groups in total. The fourth-order valence-corrected chi connectivity index (χ4v) is 3.70. The monoisotopic (exact) mass is 344 g/mol. The van der Waals surface area contributed by atoms with Gasteiger partial charge >= 0.3 is 0 Å². The van der Waals surface area contributed by atoms with E-state index in [1.807, 2.05) is 37.8 Å². The topological polar surface area (TPSA) is 49.9 Å². The van der Waals surface area contributed by atoms with E-state index in [4.69, 9.17) is 4.74 Å². The third-order valence-electron chi connectivity index (χ3n) is 4.99. The standard InChI is InChI=1S/C20H28N2O3/c1-14(2)10-19(23)22-13-17-7-5-4-6-16(17)11-18(22)20(24)21-8-9-25-15(3)12-21/h4-7,14-15,18H,8-13H2,1-3H3. The maximum Gasteiger partial charge on any atom is 0.245 e. The average Bonchev–Trinajstić information content (AvgIpc) is 2.59. The van der Waals surface area contributed by atoms with Crippen LogP contribution in [0.15, 0.2) is 24.3 Å². The van der Waals surface area contributed by atoms with Crippen LogP contribution < -0.4 is 0 Å². The van der Waals surface area contributed by atoms with Crippen LogP contribution in [-0.2, 0) is 27.3 Å². The normalized spacial score (nSPS) is 23.5. The molecule has 1 saturated heterocycles. The van der Waals surface area contributed by atoms with Crippen LogP contribution >= 0.6 is 0 Å². The summed E-state index contributed by atoms with van der Waals surface area (Å²) in [5.74, 6) is 0.412. The SMILES string of the molecule is CC(C)CC(=O)N1Cc2ccccc2CC1C(=O)N1CCOC(C)C1. The van der Waals surface area contributed by atoms with E-state index in [0.29, 0.717) is 39.1 Å². The van der Waals surface area contributed by atoms with Crippen molar-refractivity contribution in [1.29, 1.82) is 0 Å². The molecule has 1 aromatic rings. The van der Waals surface area contributed by atoms with E-state index in [0.717, 1.165) is 5.56 Å². The van der Waals surface area contributed by atoms with Gasteiger partial charge in [-0.25, -0.2) is 0 Å². The van der Waals surface area contributed by atoms with E-state index in [9.17, 15) is 9.59 Å². The number of ether oxygens (including phenoxy) is 1. The van der Waals surface area contributed by atoms with Crippen molar-refractivity contribution in [3.05, 3.63) is 35.4 Å². The van der Waals surface area contributed by atoms with Gasteiger partial charge in [0.15, 0.2) is 0 Å². The molecule has 25 heavy (non-hydrogen) atoms. The minimum absolute atomic E-state index is 0.0494. The van der Waals surface area contributed by atoms with E-state index in [1.165, 1.54) is 5.56 Å². The molecule has 0 aromatic heterocycles. The molecule has 2 aliphatic rings. The summed E-state index contributed by atoms with van der Waals surface area (Å²) in [4.78, 5) is 29.7. The number of carbonyl (C=O) groups excluding carboxylic acids is 2. The van der Waals surface area contributed by atoms with Crippen molar-refractivity contribution in [3.63, 3.8) is 0 Å². The molecule has 5 heteroatoms. The van der Waals surface area contributed by atoms with Crippen molar-refractivity contribution in [2.45, 2.75) is 52.3 Å². The number of benzene rings is 1. The summed E-state index contributed by atoms with van der Waals surface area (Å²) in [5, 5.41) is 0. The number of nitrogens with zero attached hydrogens (tertiary/aromatic N) is 2. The number of fused-ring (bicyclic) bond motifs is 1. The summed E-state index contributed by atoms with van der Waals surface area (Å²) in [6.45, 7) is 8.36. The van der Waals surface area contributed by atoms with Gasteiger partial charge in [0.25, 0.3) is 0 Å². The average molecular weight is 344 g/mol. The highest BCUT2D eigenvalue weighted by Gasteiger charge is 2.37. The zero-order valence-electron chi connectivity index (χ0n) is 15.4. The molecule has 3 rings (SSSR count). The maximum atomic E-state index is 13.2. The Kier molecular flexibility index (Phi) is 5.42. The highest BCUT2D eigenvalue weighted by atomic mass is 16.5. The van der Waals surface area contributed by atoms with Gasteiger partial charge in [-0.05, 0) is 24.0 Å². The molecule has 0 saturated carbocycles. The van der Waals surface area contributed by atoms with Crippen LogP contribution in [0.2, 0.25) is 0 Å². The smallest absolute Gasteiger partial charge is 0.245 e. The van der Waals surface area contributed by atoms with E-state index < -0.39 is 6.04 Å². The molecular formula is C20H28N2O3. The molecule has 2 aliphatic heterocycles. The zero-order valence-corrected chi connectivity index (χ0v) is 15.4. The lowest BCUT2D eigenvalue weighted by Gasteiger charge is -2.40. The Balaban J connectivity index is 1.84. The maximum absolute atomic E-state index is 13.2. The largest absolute Gasteiger partial charge is 0.375 e. The predicted molar refractivity (Wildman–Crippen MR) is 95.9 cm³/mol. The van der Waals surface area contributed by atoms with Crippen molar-refractivity contribution in [3.8, 4) is 0 Å². The van der Waals surface area contributed by atoms with Crippen LogP contribution in [0.3, 0.4) is 0 Å². The van der Waals surface area contributed by atoms with Gasteiger partial charge in [-0.15, -0.1) is 0 Å². The van der Waals surface area contributed by atoms with E-state index >= 15 is 0 Å². The molecule has 2 amide bonds. The minimum atomic E-state index is -0.397. The second kappa shape index (κ2) is 7.56. The first-order valence-electron chi connectivity index (χ1n) is 9.22. The third-order valence-corrected chi connectivity index (χ3v) is 4.99. The lowest BCUT2D eigenvalue weighted by atomic mass is 9.92. The van der Waals surface area contributed by atoms with Crippen molar-refractivity contribution < 1.29 is 14.3 Å². The lowest BCUT2D eigenvalue weighted by Crippen LogP contribution is -2.56. The molecule has 0 aliphatic carbocycles.